The fourth-order valence-corrected chi connectivity index (χ4v) is 1.89. The molecule has 3 N–H and O–H groups in total. The molecule has 0 aromatic carbocycles. The molecule has 0 bridgehead atoms. The summed E-state index contributed by atoms with van der Waals surface area (Å²) in [6.45, 7) is 6.79. The maximum Gasteiger partial charge on any atom is 0.145 e. The van der Waals surface area contributed by atoms with Gasteiger partial charge in [0.05, 0.1) is 6.26 Å². The maximum atomic E-state index is 5.47. The first-order chi connectivity index (χ1) is 9.51. The Kier molecular flexibility index (Phi) is 4.24. The van der Waals surface area contributed by atoms with Gasteiger partial charge in [-0.1, -0.05) is 13.8 Å². The zero-order chi connectivity index (χ0) is 14.7. The van der Waals surface area contributed by atoms with Crippen molar-refractivity contribution < 1.29 is 4.42 Å². The maximum absolute atomic E-state index is 5.47. The number of nitrogens with one attached hydrogen (secondary N) is 1. The third-order valence-corrected chi connectivity index (χ3v) is 3.16. The van der Waals surface area contributed by atoms with Crippen molar-refractivity contribution in [3.8, 4) is 0 Å². The number of hydrazine groups is 1. The van der Waals surface area contributed by atoms with Gasteiger partial charge in [-0.2, -0.15) is 0 Å². The minimum atomic E-state index is 0.242. The molecule has 20 heavy (non-hydrogen) atoms. The molecule has 2 heterocycles. The Morgan fingerprint density at radius 2 is 2.15 bits per heavy atom. The van der Waals surface area contributed by atoms with Crippen LogP contribution in [0.5, 0.6) is 0 Å². The van der Waals surface area contributed by atoms with Crippen molar-refractivity contribution in [2.75, 3.05) is 17.4 Å². The highest BCUT2D eigenvalue weighted by Gasteiger charge is 2.12. The normalized spacial score (nSPS) is 10.9. The molecule has 0 radical (unpaired) electrons. The van der Waals surface area contributed by atoms with Crippen molar-refractivity contribution >= 4 is 11.6 Å². The number of nitrogens with zero attached hydrogens (tertiary/aromatic N) is 3. The van der Waals surface area contributed by atoms with E-state index in [2.05, 4.69) is 29.2 Å². The zero-order valence-electron chi connectivity index (χ0n) is 12.3. The molecule has 0 aliphatic rings. The number of furan rings is 1. The van der Waals surface area contributed by atoms with Gasteiger partial charge in [-0.05, 0) is 13.0 Å². The number of hydrogen-bond acceptors (Lipinski definition) is 6. The van der Waals surface area contributed by atoms with Gasteiger partial charge < -0.3 is 14.7 Å². The quantitative estimate of drug-likeness (QED) is 0.644. The molecule has 0 atom stereocenters. The first kappa shape index (κ1) is 14.3. The van der Waals surface area contributed by atoms with Gasteiger partial charge in [0.1, 0.15) is 23.2 Å². The summed E-state index contributed by atoms with van der Waals surface area (Å²) < 4.78 is 5.32. The third kappa shape index (κ3) is 3.08. The highest BCUT2D eigenvalue weighted by molar-refractivity contribution is 5.49. The van der Waals surface area contributed by atoms with Gasteiger partial charge in [0.25, 0.3) is 0 Å². The second-order valence-corrected chi connectivity index (χ2v) is 5.13. The van der Waals surface area contributed by atoms with E-state index in [0.29, 0.717) is 5.82 Å². The van der Waals surface area contributed by atoms with Crippen LogP contribution in [0.3, 0.4) is 0 Å². The van der Waals surface area contributed by atoms with Gasteiger partial charge in [0.2, 0.25) is 0 Å². The van der Waals surface area contributed by atoms with Gasteiger partial charge in [-0.15, -0.1) is 0 Å². The second-order valence-electron chi connectivity index (χ2n) is 5.13. The Balaban J connectivity index is 2.26. The van der Waals surface area contributed by atoms with Crippen LogP contribution < -0.4 is 16.2 Å². The van der Waals surface area contributed by atoms with E-state index in [9.17, 15) is 0 Å². The Labute approximate surface area is 119 Å². The number of anilines is 2. The van der Waals surface area contributed by atoms with Crippen LogP contribution in [0, 0.1) is 6.92 Å². The number of nitrogen functional groups attached to an aromatic ring is 1. The highest BCUT2D eigenvalue weighted by Crippen LogP contribution is 2.21. The number of nitrogens with two attached hydrogens (primary N) is 1. The van der Waals surface area contributed by atoms with E-state index < -0.39 is 0 Å². The van der Waals surface area contributed by atoms with Crippen LogP contribution in [0.15, 0.2) is 22.8 Å². The average Bonchev–Trinajstić information content (AvgIpc) is 2.83. The van der Waals surface area contributed by atoms with Crippen LogP contribution in [0.2, 0.25) is 0 Å². The lowest BCUT2D eigenvalue weighted by Gasteiger charge is -2.20. The standard InChI is InChI=1S/C14H21N5O/c1-9(2)14-16-12(18-15)7-13(17-14)19(4)8-11-5-6-20-10(11)3/h5-7,9H,8,15H2,1-4H3,(H,16,17,18). The number of rotatable bonds is 5. The minimum absolute atomic E-state index is 0.242. The Morgan fingerprint density at radius 3 is 2.70 bits per heavy atom. The third-order valence-electron chi connectivity index (χ3n) is 3.16. The number of hydrogen-bond donors (Lipinski definition) is 2. The molecule has 0 unspecified atom stereocenters. The van der Waals surface area contributed by atoms with Crippen LogP contribution in [0.1, 0.15) is 36.9 Å². The van der Waals surface area contributed by atoms with Crippen molar-refractivity contribution in [1.82, 2.24) is 9.97 Å². The van der Waals surface area contributed by atoms with E-state index >= 15 is 0 Å². The fraction of sp³-hybridized carbons (Fsp3) is 0.429. The first-order valence-corrected chi connectivity index (χ1v) is 6.61. The molecular formula is C14H21N5O. The summed E-state index contributed by atoms with van der Waals surface area (Å²) in [5.41, 5.74) is 3.73. The molecule has 0 spiro atoms. The van der Waals surface area contributed by atoms with E-state index in [1.807, 2.05) is 31.0 Å². The molecular weight excluding hydrogens is 254 g/mol. The molecule has 0 saturated carbocycles. The van der Waals surface area contributed by atoms with Crippen LogP contribution >= 0.6 is 0 Å². The van der Waals surface area contributed by atoms with Gasteiger partial charge in [0, 0.05) is 31.1 Å². The Morgan fingerprint density at radius 1 is 1.40 bits per heavy atom. The van der Waals surface area contributed by atoms with Gasteiger partial charge in [-0.3, -0.25) is 0 Å². The SMILES string of the molecule is Cc1occc1CN(C)c1cc(NN)nc(C(C)C)n1. The monoisotopic (exact) mass is 275 g/mol. The molecule has 108 valence electrons. The largest absolute Gasteiger partial charge is 0.469 e. The average molecular weight is 275 g/mol. The lowest BCUT2D eigenvalue weighted by Crippen LogP contribution is -2.20. The summed E-state index contributed by atoms with van der Waals surface area (Å²) in [6.07, 6.45) is 1.70. The smallest absolute Gasteiger partial charge is 0.145 e. The van der Waals surface area contributed by atoms with Crippen LogP contribution in [-0.2, 0) is 6.54 Å². The Bertz CT molecular complexity index is 579. The lowest BCUT2D eigenvalue weighted by molar-refractivity contribution is 0.529. The van der Waals surface area contributed by atoms with E-state index in [1.54, 1.807) is 6.26 Å². The Hall–Kier alpha value is -2.08. The number of aryl methyl sites for hydroxylation is 1. The molecule has 0 fully saturated rings. The predicted octanol–water partition coefficient (Wildman–Crippen LogP) is 2.42. The topological polar surface area (TPSA) is 80.2 Å². The molecule has 0 saturated heterocycles. The zero-order valence-corrected chi connectivity index (χ0v) is 12.3. The summed E-state index contributed by atoms with van der Waals surface area (Å²) in [6, 6.07) is 3.81. The molecule has 6 heteroatoms. The molecule has 0 amide bonds. The van der Waals surface area contributed by atoms with Crippen molar-refractivity contribution in [1.29, 1.82) is 0 Å². The van der Waals surface area contributed by atoms with Gasteiger partial charge >= 0.3 is 0 Å². The van der Waals surface area contributed by atoms with Crippen LogP contribution in [0.4, 0.5) is 11.6 Å². The molecule has 2 aromatic heterocycles. The second kappa shape index (κ2) is 5.92. The van der Waals surface area contributed by atoms with Crippen molar-refractivity contribution in [3.05, 3.63) is 35.5 Å². The molecule has 6 nitrogen and oxygen atoms in total. The summed E-state index contributed by atoms with van der Waals surface area (Å²) in [5.74, 6) is 8.86. The van der Waals surface area contributed by atoms with Crippen LogP contribution in [-0.4, -0.2) is 17.0 Å². The number of aromatic nitrogens is 2. The van der Waals surface area contributed by atoms with Crippen molar-refractivity contribution in [3.63, 3.8) is 0 Å². The first-order valence-electron chi connectivity index (χ1n) is 6.61. The van der Waals surface area contributed by atoms with E-state index in [4.69, 9.17) is 10.3 Å². The minimum Gasteiger partial charge on any atom is -0.469 e. The molecule has 0 aliphatic carbocycles. The summed E-state index contributed by atoms with van der Waals surface area (Å²) in [7, 11) is 1.99. The van der Waals surface area contributed by atoms with E-state index in [0.717, 1.165) is 29.5 Å². The summed E-state index contributed by atoms with van der Waals surface area (Å²) in [5, 5.41) is 0. The lowest BCUT2D eigenvalue weighted by atomic mass is 10.2. The fourth-order valence-electron chi connectivity index (χ4n) is 1.89. The van der Waals surface area contributed by atoms with Gasteiger partial charge in [0.15, 0.2) is 0 Å². The molecule has 2 aromatic rings. The van der Waals surface area contributed by atoms with E-state index in [-0.39, 0.29) is 5.92 Å². The van der Waals surface area contributed by atoms with Crippen molar-refractivity contribution in [2.24, 2.45) is 5.84 Å². The molecule has 2 rings (SSSR count). The van der Waals surface area contributed by atoms with Crippen molar-refractivity contribution in [2.45, 2.75) is 33.2 Å². The summed E-state index contributed by atoms with van der Waals surface area (Å²) in [4.78, 5) is 11.0. The van der Waals surface area contributed by atoms with E-state index in [1.165, 1.54) is 0 Å². The van der Waals surface area contributed by atoms with Crippen LogP contribution in [0.25, 0.3) is 0 Å². The van der Waals surface area contributed by atoms with Gasteiger partial charge in [-0.25, -0.2) is 15.8 Å². The highest BCUT2D eigenvalue weighted by atomic mass is 16.3. The summed E-state index contributed by atoms with van der Waals surface area (Å²) >= 11 is 0. The molecule has 0 aliphatic heterocycles. The predicted molar refractivity (Wildman–Crippen MR) is 79.5 cm³/mol.